The lowest BCUT2D eigenvalue weighted by Gasteiger charge is -2.07. The number of cyclic esters (lactones) is 1. The van der Waals surface area contributed by atoms with E-state index in [1.807, 2.05) is 0 Å². The van der Waals surface area contributed by atoms with Crippen LogP contribution in [0.1, 0.15) is 12.8 Å². The smallest absolute Gasteiger partial charge is 0.306 e. The van der Waals surface area contributed by atoms with Gasteiger partial charge < -0.3 is 4.74 Å². The van der Waals surface area contributed by atoms with Crippen LogP contribution in [0.3, 0.4) is 0 Å². The second-order valence-corrected chi connectivity index (χ2v) is 2.64. The van der Waals surface area contributed by atoms with Gasteiger partial charge in [-0.25, -0.2) is 0 Å². The van der Waals surface area contributed by atoms with E-state index in [0.29, 0.717) is 18.9 Å². The highest BCUT2D eigenvalue weighted by molar-refractivity contribution is 5.71. The van der Waals surface area contributed by atoms with Crippen molar-refractivity contribution in [3.05, 3.63) is 0 Å². The highest BCUT2D eigenvalue weighted by Crippen LogP contribution is 2.44. The van der Waals surface area contributed by atoms with Gasteiger partial charge in [0.05, 0.1) is 6.61 Å². The SMILES string of the molecule is O=C1CC2CC2CO1. The van der Waals surface area contributed by atoms with Gasteiger partial charge in [-0.3, -0.25) is 4.79 Å². The number of carbonyl (C=O) groups is 1. The lowest BCUT2D eigenvalue weighted by molar-refractivity contribution is -0.147. The zero-order chi connectivity index (χ0) is 5.56. The average molecular weight is 112 g/mol. The highest BCUT2D eigenvalue weighted by atomic mass is 16.5. The first-order valence-corrected chi connectivity index (χ1v) is 3.02. The summed E-state index contributed by atoms with van der Waals surface area (Å²) in [6, 6.07) is 0. The van der Waals surface area contributed by atoms with E-state index in [9.17, 15) is 4.79 Å². The second kappa shape index (κ2) is 1.24. The Morgan fingerprint density at radius 3 is 3.00 bits per heavy atom. The average Bonchev–Trinajstić information content (AvgIpc) is 2.43. The monoisotopic (exact) mass is 112 g/mol. The molecule has 0 aromatic carbocycles. The fourth-order valence-corrected chi connectivity index (χ4v) is 1.24. The first kappa shape index (κ1) is 4.36. The Morgan fingerprint density at radius 1 is 1.50 bits per heavy atom. The Bertz CT molecular complexity index is 130. The summed E-state index contributed by atoms with van der Waals surface area (Å²) in [4.78, 5) is 10.5. The Hall–Kier alpha value is -0.530. The first-order valence-electron chi connectivity index (χ1n) is 3.02. The van der Waals surface area contributed by atoms with Gasteiger partial charge >= 0.3 is 5.97 Å². The molecule has 0 radical (unpaired) electrons. The third-order valence-corrected chi connectivity index (χ3v) is 1.96. The maximum Gasteiger partial charge on any atom is 0.306 e. The number of hydrogen-bond donors (Lipinski definition) is 0. The largest absolute Gasteiger partial charge is 0.465 e. The topological polar surface area (TPSA) is 26.3 Å². The van der Waals surface area contributed by atoms with Gasteiger partial charge in [-0.1, -0.05) is 0 Å². The Labute approximate surface area is 47.8 Å². The lowest BCUT2D eigenvalue weighted by Crippen LogP contribution is -2.14. The molecular formula is C6H8O2. The molecule has 8 heavy (non-hydrogen) atoms. The molecule has 0 N–H and O–H groups in total. The van der Waals surface area contributed by atoms with Gasteiger partial charge in [-0.05, 0) is 18.3 Å². The fraction of sp³-hybridized carbons (Fsp3) is 0.833. The molecule has 0 spiro atoms. The third-order valence-electron chi connectivity index (χ3n) is 1.96. The molecule has 44 valence electrons. The summed E-state index contributed by atoms with van der Waals surface area (Å²) in [5.74, 6) is 1.45. The highest BCUT2D eigenvalue weighted by Gasteiger charge is 2.43. The summed E-state index contributed by atoms with van der Waals surface area (Å²) in [6.07, 6.45) is 1.91. The van der Waals surface area contributed by atoms with Crippen molar-refractivity contribution in [3.8, 4) is 0 Å². The summed E-state index contributed by atoms with van der Waals surface area (Å²) in [6.45, 7) is 0.698. The third kappa shape index (κ3) is 0.522. The molecule has 2 atom stereocenters. The van der Waals surface area contributed by atoms with Crippen LogP contribution in [0, 0.1) is 11.8 Å². The summed E-state index contributed by atoms with van der Waals surface area (Å²) >= 11 is 0. The van der Waals surface area contributed by atoms with Crippen molar-refractivity contribution in [3.63, 3.8) is 0 Å². The maximum atomic E-state index is 10.5. The van der Waals surface area contributed by atoms with E-state index >= 15 is 0 Å². The van der Waals surface area contributed by atoms with Gasteiger partial charge in [0, 0.05) is 6.42 Å². The zero-order valence-corrected chi connectivity index (χ0v) is 4.59. The van der Waals surface area contributed by atoms with E-state index in [1.165, 1.54) is 6.42 Å². The summed E-state index contributed by atoms with van der Waals surface area (Å²) in [5.41, 5.74) is 0. The van der Waals surface area contributed by atoms with Crippen LogP contribution in [0.15, 0.2) is 0 Å². The normalized spacial score (nSPS) is 42.8. The van der Waals surface area contributed by atoms with Gasteiger partial charge in [0.1, 0.15) is 0 Å². The molecule has 0 aromatic heterocycles. The molecule has 1 saturated heterocycles. The van der Waals surface area contributed by atoms with Gasteiger partial charge in [0.15, 0.2) is 0 Å². The molecule has 1 heterocycles. The fourth-order valence-electron chi connectivity index (χ4n) is 1.24. The Kier molecular flexibility index (Phi) is 0.678. The molecule has 1 aliphatic carbocycles. The minimum absolute atomic E-state index is 0.00347. The van der Waals surface area contributed by atoms with E-state index in [1.54, 1.807) is 0 Å². The van der Waals surface area contributed by atoms with E-state index in [2.05, 4.69) is 0 Å². The van der Waals surface area contributed by atoms with Crippen LogP contribution < -0.4 is 0 Å². The molecule has 0 aromatic rings. The minimum Gasteiger partial charge on any atom is -0.465 e. The van der Waals surface area contributed by atoms with E-state index in [4.69, 9.17) is 4.74 Å². The van der Waals surface area contributed by atoms with E-state index in [0.717, 1.165) is 5.92 Å². The van der Waals surface area contributed by atoms with Crippen LogP contribution in [0.4, 0.5) is 0 Å². The molecule has 1 aliphatic heterocycles. The van der Waals surface area contributed by atoms with E-state index in [-0.39, 0.29) is 5.97 Å². The molecule has 2 heteroatoms. The van der Waals surface area contributed by atoms with Crippen molar-refractivity contribution in [1.29, 1.82) is 0 Å². The van der Waals surface area contributed by atoms with Crippen LogP contribution >= 0.6 is 0 Å². The number of esters is 1. The number of ether oxygens (including phenoxy) is 1. The predicted molar refractivity (Wildman–Crippen MR) is 27.2 cm³/mol. The first-order chi connectivity index (χ1) is 3.86. The van der Waals surface area contributed by atoms with Crippen molar-refractivity contribution in [2.75, 3.05) is 6.61 Å². The minimum atomic E-state index is 0.00347. The number of fused-ring (bicyclic) bond motifs is 1. The number of hydrogen-bond acceptors (Lipinski definition) is 2. The van der Waals surface area contributed by atoms with Crippen molar-refractivity contribution in [1.82, 2.24) is 0 Å². The zero-order valence-electron chi connectivity index (χ0n) is 4.59. The van der Waals surface area contributed by atoms with Gasteiger partial charge in [-0.2, -0.15) is 0 Å². The van der Waals surface area contributed by atoms with Gasteiger partial charge in [-0.15, -0.1) is 0 Å². The van der Waals surface area contributed by atoms with Crippen molar-refractivity contribution in [2.45, 2.75) is 12.8 Å². The standard InChI is InChI=1S/C6H8O2/c7-6-2-4-1-5(4)3-8-6/h4-5H,1-3H2. The van der Waals surface area contributed by atoms with Crippen LogP contribution in [0.2, 0.25) is 0 Å². The molecule has 2 unspecified atom stereocenters. The molecule has 1 saturated carbocycles. The van der Waals surface area contributed by atoms with Gasteiger partial charge in [0.2, 0.25) is 0 Å². The van der Waals surface area contributed by atoms with Crippen LogP contribution in [-0.2, 0) is 9.53 Å². The van der Waals surface area contributed by atoms with Crippen molar-refractivity contribution in [2.24, 2.45) is 11.8 Å². The Morgan fingerprint density at radius 2 is 2.38 bits per heavy atom. The second-order valence-electron chi connectivity index (χ2n) is 2.64. The van der Waals surface area contributed by atoms with Crippen LogP contribution in [0.25, 0.3) is 0 Å². The van der Waals surface area contributed by atoms with Gasteiger partial charge in [0.25, 0.3) is 0 Å². The number of carbonyl (C=O) groups excluding carboxylic acids is 1. The summed E-state index contributed by atoms with van der Waals surface area (Å²) in [7, 11) is 0. The molecule has 0 amide bonds. The predicted octanol–water partition coefficient (Wildman–Crippen LogP) is 0.569. The van der Waals surface area contributed by atoms with Crippen LogP contribution in [-0.4, -0.2) is 12.6 Å². The molecule has 2 aliphatic rings. The number of rotatable bonds is 0. The molecule has 2 rings (SSSR count). The summed E-state index contributed by atoms with van der Waals surface area (Å²) < 4.78 is 4.79. The molecule has 2 fully saturated rings. The Balaban J connectivity index is 2.02. The maximum absolute atomic E-state index is 10.5. The summed E-state index contributed by atoms with van der Waals surface area (Å²) in [5, 5.41) is 0. The lowest BCUT2D eigenvalue weighted by atomic mass is 10.2. The van der Waals surface area contributed by atoms with Crippen molar-refractivity contribution < 1.29 is 9.53 Å². The quantitative estimate of drug-likeness (QED) is 0.428. The molecular weight excluding hydrogens is 104 g/mol. The van der Waals surface area contributed by atoms with E-state index < -0.39 is 0 Å². The van der Waals surface area contributed by atoms with Crippen molar-refractivity contribution >= 4 is 5.97 Å². The molecule has 0 bridgehead atoms. The van der Waals surface area contributed by atoms with Crippen LogP contribution in [0.5, 0.6) is 0 Å². The molecule has 2 nitrogen and oxygen atoms in total.